The smallest absolute Gasteiger partial charge is 0.277 e. The molecule has 1 N–H and O–H groups in total. The van der Waals surface area contributed by atoms with E-state index in [2.05, 4.69) is 36.2 Å². The molecule has 2 heterocycles. The number of nitrogens with zero attached hydrogens (tertiary/aromatic N) is 3. The van der Waals surface area contributed by atoms with Crippen molar-refractivity contribution in [3.63, 3.8) is 0 Å². The molecule has 7 heteroatoms. The summed E-state index contributed by atoms with van der Waals surface area (Å²) in [6.07, 6.45) is 3.02. The second-order valence-corrected chi connectivity index (χ2v) is 7.05. The SMILES string of the molecule is Cc1cnc(C(=O)Nc2nc(-c3ccc(Br)cc3)c(C)s2)cn1. The van der Waals surface area contributed by atoms with Crippen molar-refractivity contribution < 1.29 is 4.79 Å². The summed E-state index contributed by atoms with van der Waals surface area (Å²) in [5.74, 6) is -0.311. The molecule has 0 aliphatic rings. The van der Waals surface area contributed by atoms with Crippen LogP contribution in [0.1, 0.15) is 21.1 Å². The number of aromatic nitrogens is 3. The van der Waals surface area contributed by atoms with Gasteiger partial charge < -0.3 is 0 Å². The first-order chi connectivity index (χ1) is 11.0. The van der Waals surface area contributed by atoms with Crippen LogP contribution in [0.5, 0.6) is 0 Å². The molecule has 2 aromatic heterocycles. The lowest BCUT2D eigenvalue weighted by Gasteiger charge is -2.01. The second kappa shape index (κ2) is 6.55. The van der Waals surface area contributed by atoms with E-state index in [0.29, 0.717) is 5.13 Å². The van der Waals surface area contributed by atoms with Crippen molar-refractivity contribution in [2.24, 2.45) is 0 Å². The molecule has 0 spiro atoms. The van der Waals surface area contributed by atoms with Gasteiger partial charge in [-0.25, -0.2) is 9.97 Å². The molecule has 0 saturated carbocycles. The van der Waals surface area contributed by atoms with Gasteiger partial charge in [-0.15, -0.1) is 11.3 Å². The maximum atomic E-state index is 12.2. The molecule has 5 nitrogen and oxygen atoms in total. The Bertz CT molecular complexity index is 844. The first-order valence-electron chi connectivity index (χ1n) is 6.86. The summed E-state index contributed by atoms with van der Waals surface area (Å²) in [5.41, 5.74) is 2.92. The average Bonchev–Trinajstić information content (AvgIpc) is 2.89. The molecule has 116 valence electrons. The molecule has 1 aromatic carbocycles. The van der Waals surface area contributed by atoms with E-state index in [9.17, 15) is 4.79 Å². The van der Waals surface area contributed by atoms with Crippen molar-refractivity contribution >= 4 is 38.3 Å². The van der Waals surface area contributed by atoms with E-state index in [1.807, 2.05) is 38.1 Å². The Morgan fingerprint density at radius 2 is 1.87 bits per heavy atom. The molecule has 0 unspecified atom stereocenters. The quantitative estimate of drug-likeness (QED) is 0.728. The van der Waals surface area contributed by atoms with E-state index < -0.39 is 0 Å². The van der Waals surface area contributed by atoms with E-state index in [1.165, 1.54) is 17.5 Å². The van der Waals surface area contributed by atoms with Gasteiger partial charge in [-0.1, -0.05) is 28.1 Å². The number of amides is 1. The number of aryl methyl sites for hydroxylation is 2. The van der Waals surface area contributed by atoms with Crippen LogP contribution in [-0.2, 0) is 0 Å². The number of anilines is 1. The van der Waals surface area contributed by atoms with Gasteiger partial charge >= 0.3 is 0 Å². The molecule has 0 fully saturated rings. The topological polar surface area (TPSA) is 67.8 Å². The lowest BCUT2D eigenvalue weighted by molar-refractivity contribution is 0.102. The third-order valence-electron chi connectivity index (χ3n) is 3.15. The highest BCUT2D eigenvalue weighted by molar-refractivity contribution is 9.10. The number of benzene rings is 1. The van der Waals surface area contributed by atoms with Crippen LogP contribution in [0, 0.1) is 13.8 Å². The molecule has 0 bridgehead atoms. The number of hydrogen-bond acceptors (Lipinski definition) is 5. The lowest BCUT2D eigenvalue weighted by atomic mass is 10.1. The Morgan fingerprint density at radius 1 is 1.13 bits per heavy atom. The summed E-state index contributed by atoms with van der Waals surface area (Å²) in [6.45, 7) is 3.81. The van der Waals surface area contributed by atoms with E-state index in [1.54, 1.807) is 6.20 Å². The molecule has 0 radical (unpaired) electrons. The maximum Gasteiger partial charge on any atom is 0.277 e. The molecule has 0 saturated heterocycles. The van der Waals surface area contributed by atoms with Crippen LogP contribution in [0.3, 0.4) is 0 Å². The highest BCUT2D eigenvalue weighted by Crippen LogP contribution is 2.31. The minimum atomic E-state index is -0.311. The minimum absolute atomic E-state index is 0.272. The van der Waals surface area contributed by atoms with Crippen LogP contribution in [0.15, 0.2) is 41.1 Å². The van der Waals surface area contributed by atoms with Gasteiger partial charge in [0.2, 0.25) is 0 Å². The molecular formula is C16H13BrN4OS. The number of nitrogens with one attached hydrogen (secondary N) is 1. The van der Waals surface area contributed by atoms with Crippen LogP contribution in [0.4, 0.5) is 5.13 Å². The monoisotopic (exact) mass is 388 g/mol. The first kappa shape index (κ1) is 15.8. The Labute approximate surface area is 146 Å². The van der Waals surface area contributed by atoms with Crippen LogP contribution in [0.2, 0.25) is 0 Å². The second-order valence-electron chi connectivity index (χ2n) is 4.93. The Balaban J connectivity index is 1.82. The molecule has 23 heavy (non-hydrogen) atoms. The van der Waals surface area contributed by atoms with Gasteiger partial charge in [0.15, 0.2) is 5.13 Å². The van der Waals surface area contributed by atoms with Gasteiger partial charge in [-0.2, -0.15) is 0 Å². The molecule has 0 atom stereocenters. The van der Waals surface area contributed by atoms with Gasteiger partial charge in [0, 0.05) is 21.1 Å². The van der Waals surface area contributed by atoms with E-state index >= 15 is 0 Å². The minimum Gasteiger partial charge on any atom is -0.296 e. The number of thiazole rings is 1. The summed E-state index contributed by atoms with van der Waals surface area (Å²) in [4.78, 5) is 25.9. The van der Waals surface area contributed by atoms with Crippen molar-refractivity contribution in [2.45, 2.75) is 13.8 Å². The molecule has 1 amide bonds. The normalized spacial score (nSPS) is 10.6. The molecule has 3 aromatic rings. The van der Waals surface area contributed by atoms with Gasteiger partial charge in [0.05, 0.1) is 17.6 Å². The number of carbonyl (C=O) groups is 1. The van der Waals surface area contributed by atoms with Crippen LogP contribution < -0.4 is 5.32 Å². The Hall–Kier alpha value is -2.12. The van der Waals surface area contributed by atoms with Gasteiger partial charge in [-0.05, 0) is 26.0 Å². The van der Waals surface area contributed by atoms with Crippen molar-refractivity contribution in [1.29, 1.82) is 0 Å². The molecule has 0 aliphatic heterocycles. The summed E-state index contributed by atoms with van der Waals surface area (Å²) in [6, 6.07) is 7.91. The number of halogens is 1. The van der Waals surface area contributed by atoms with Crippen molar-refractivity contribution in [3.8, 4) is 11.3 Å². The van der Waals surface area contributed by atoms with Crippen LogP contribution in [0.25, 0.3) is 11.3 Å². The third kappa shape index (κ3) is 3.62. The Morgan fingerprint density at radius 3 is 2.52 bits per heavy atom. The van der Waals surface area contributed by atoms with Crippen molar-refractivity contribution in [1.82, 2.24) is 15.0 Å². The molecule has 3 rings (SSSR count). The largest absolute Gasteiger partial charge is 0.296 e. The van der Waals surface area contributed by atoms with Gasteiger partial charge in [0.1, 0.15) is 5.69 Å². The zero-order valence-electron chi connectivity index (χ0n) is 12.5. The number of carbonyl (C=O) groups excluding carboxylic acids is 1. The first-order valence-corrected chi connectivity index (χ1v) is 8.47. The third-order valence-corrected chi connectivity index (χ3v) is 4.56. The van der Waals surface area contributed by atoms with Crippen LogP contribution in [-0.4, -0.2) is 20.9 Å². The van der Waals surface area contributed by atoms with Crippen molar-refractivity contribution in [3.05, 3.63) is 57.4 Å². The van der Waals surface area contributed by atoms with Crippen LogP contribution >= 0.6 is 27.3 Å². The highest BCUT2D eigenvalue weighted by Gasteiger charge is 2.14. The zero-order chi connectivity index (χ0) is 16.4. The fourth-order valence-corrected chi connectivity index (χ4v) is 3.09. The average molecular weight is 389 g/mol. The number of rotatable bonds is 3. The predicted molar refractivity (Wildman–Crippen MR) is 94.7 cm³/mol. The van der Waals surface area contributed by atoms with Crippen molar-refractivity contribution in [2.75, 3.05) is 5.32 Å². The summed E-state index contributed by atoms with van der Waals surface area (Å²) in [5, 5.41) is 3.33. The van der Waals surface area contributed by atoms with E-state index in [4.69, 9.17) is 0 Å². The van der Waals surface area contributed by atoms with Gasteiger partial charge in [-0.3, -0.25) is 15.1 Å². The predicted octanol–water partition coefficient (Wildman–Crippen LogP) is 4.23. The zero-order valence-corrected chi connectivity index (χ0v) is 14.9. The summed E-state index contributed by atoms with van der Waals surface area (Å²) in [7, 11) is 0. The molecular weight excluding hydrogens is 376 g/mol. The number of hydrogen-bond donors (Lipinski definition) is 1. The molecule has 0 aliphatic carbocycles. The van der Waals surface area contributed by atoms with E-state index in [-0.39, 0.29) is 11.6 Å². The lowest BCUT2D eigenvalue weighted by Crippen LogP contribution is -2.13. The standard InChI is InChI=1S/C16H13BrN4OS/c1-9-7-19-13(8-18-9)15(22)21-16-20-14(10(2)23-16)11-3-5-12(17)6-4-11/h3-8H,1-2H3,(H,20,21,22). The summed E-state index contributed by atoms with van der Waals surface area (Å²) >= 11 is 4.85. The highest BCUT2D eigenvalue weighted by atomic mass is 79.9. The maximum absolute atomic E-state index is 12.2. The fraction of sp³-hybridized carbons (Fsp3) is 0.125. The Kier molecular flexibility index (Phi) is 4.49. The van der Waals surface area contributed by atoms with Gasteiger partial charge in [0.25, 0.3) is 5.91 Å². The fourth-order valence-electron chi connectivity index (χ4n) is 2.00. The summed E-state index contributed by atoms with van der Waals surface area (Å²) < 4.78 is 1.01. The van der Waals surface area contributed by atoms with E-state index in [0.717, 1.165) is 26.3 Å².